The van der Waals surface area contributed by atoms with Crippen LogP contribution in [0.25, 0.3) is 0 Å². The predicted octanol–water partition coefficient (Wildman–Crippen LogP) is 5.46. The van der Waals surface area contributed by atoms with Crippen molar-refractivity contribution in [1.29, 1.82) is 0 Å². The molecule has 2 aromatic carbocycles. The van der Waals surface area contributed by atoms with Gasteiger partial charge in [0.2, 0.25) is 0 Å². The molecule has 1 unspecified atom stereocenters. The molecule has 0 fully saturated rings. The van der Waals surface area contributed by atoms with Crippen LogP contribution >= 0.6 is 15.9 Å². The molecule has 0 amide bonds. The Hall–Kier alpha value is -1.12. The molecular weight excluding hydrogens is 322 g/mol. The first-order valence-corrected chi connectivity index (χ1v) is 8.38. The fraction of sp³-hybridized carbons (Fsp3) is 0.368. The molecule has 0 aliphatic heterocycles. The van der Waals surface area contributed by atoms with E-state index in [0.717, 1.165) is 17.4 Å². The highest BCUT2D eigenvalue weighted by Crippen LogP contribution is 2.29. The first-order chi connectivity index (χ1) is 10.0. The molecule has 1 nitrogen and oxygen atoms in total. The molecule has 2 aromatic rings. The monoisotopic (exact) mass is 345 g/mol. The van der Waals surface area contributed by atoms with Gasteiger partial charge in [0.05, 0.1) is 6.04 Å². The fourth-order valence-corrected chi connectivity index (χ4v) is 3.24. The molecule has 1 N–H and O–H groups in total. The molecule has 0 saturated heterocycles. The molecule has 0 aliphatic rings. The zero-order valence-electron chi connectivity index (χ0n) is 13.3. The summed E-state index contributed by atoms with van der Waals surface area (Å²) < 4.78 is 1.12. The first kappa shape index (κ1) is 16.3. The summed E-state index contributed by atoms with van der Waals surface area (Å²) in [5.41, 5.74) is 6.80. The third-order valence-corrected chi connectivity index (χ3v) is 4.36. The molecule has 2 rings (SSSR count). The fourth-order valence-electron chi connectivity index (χ4n) is 2.98. The van der Waals surface area contributed by atoms with E-state index in [2.05, 4.69) is 85.3 Å². The Morgan fingerprint density at radius 1 is 1.00 bits per heavy atom. The number of benzene rings is 2. The summed E-state index contributed by atoms with van der Waals surface area (Å²) in [5.74, 6) is 0. The maximum absolute atomic E-state index is 3.71. The second-order valence-corrected chi connectivity index (χ2v) is 6.67. The van der Waals surface area contributed by atoms with E-state index in [1.54, 1.807) is 0 Å². The van der Waals surface area contributed by atoms with Crippen LogP contribution in [-0.2, 0) is 0 Å². The SMILES string of the molecule is CCCNC(c1ccc(Br)cc1)c1c(C)cc(C)cc1C. The number of nitrogens with one attached hydrogen (secondary N) is 1. The van der Waals surface area contributed by atoms with Gasteiger partial charge < -0.3 is 5.32 Å². The quantitative estimate of drug-likeness (QED) is 0.758. The Morgan fingerprint density at radius 2 is 1.57 bits per heavy atom. The minimum absolute atomic E-state index is 0.263. The van der Waals surface area contributed by atoms with Crippen LogP contribution in [0.1, 0.15) is 47.2 Å². The standard InChI is InChI=1S/C19H24BrN/c1-5-10-21-19(16-6-8-17(20)9-7-16)18-14(3)11-13(2)12-15(18)4/h6-9,11-12,19,21H,5,10H2,1-4H3. The number of hydrogen-bond donors (Lipinski definition) is 1. The van der Waals surface area contributed by atoms with E-state index >= 15 is 0 Å². The molecule has 0 bridgehead atoms. The summed E-state index contributed by atoms with van der Waals surface area (Å²) >= 11 is 3.52. The van der Waals surface area contributed by atoms with Crippen molar-refractivity contribution < 1.29 is 0 Å². The number of hydrogen-bond acceptors (Lipinski definition) is 1. The van der Waals surface area contributed by atoms with Crippen molar-refractivity contribution in [1.82, 2.24) is 5.32 Å². The highest BCUT2D eigenvalue weighted by molar-refractivity contribution is 9.10. The van der Waals surface area contributed by atoms with E-state index in [9.17, 15) is 0 Å². The van der Waals surface area contributed by atoms with Gasteiger partial charge in [-0.05, 0) is 68.1 Å². The van der Waals surface area contributed by atoms with Crippen LogP contribution in [0.5, 0.6) is 0 Å². The summed E-state index contributed by atoms with van der Waals surface area (Å²) in [6.45, 7) is 9.83. The van der Waals surface area contributed by atoms with Gasteiger partial charge in [0.25, 0.3) is 0 Å². The van der Waals surface area contributed by atoms with E-state index in [1.807, 2.05) is 0 Å². The van der Waals surface area contributed by atoms with Crippen molar-refractivity contribution >= 4 is 15.9 Å². The Kier molecular flexibility index (Phi) is 5.60. The van der Waals surface area contributed by atoms with E-state index in [-0.39, 0.29) is 6.04 Å². The minimum Gasteiger partial charge on any atom is -0.306 e. The second kappa shape index (κ2) is 7.24. The highest BCUT2D eigenvalue weighted by Gasteiger charge is 2.17. The molecule has 2 heteroatoms. The molecule has 0 heterocycles. The smallest absolute Gasteiger partial charge is 0.0581 e. The van der Waals surface area contributed by atoms with Crippen LogP contribution in [0.4, 0.5) is 0 Å². The van der Waals surface area contributed by atoms with Crippen molar-refractivity contribution in [3.05, 3.63) is 68.7 Å². The van der Waals surface area contributed by atoms with Gasteiger partial charge in [-0.3, -0.25) is 0 Å². The molecule has 21 heavy (non-hydrogen) atoms. The Balaban J connectivity index is 2.47. The van der Waals surface area contributed by atoms with Crippen LogP contribution in [0.2, 0.25) is 0 Å². The van der Waals surface area contributed by atoms with Crippen LogP contribution in [0.15, 0.2) is 40.9 Å². The Bertz CT molecular complexity index is 578. The van der Waals surface area contributed by atoms with Crippen LogP contribution < -0.4 is 5.32 Å². The summed E-state index contributed by atoms with van der Waals surface area (Å²) in [4.78, 5) is 0. The van der Waals surface area contributed by atoms with E-state index in [4.69, 9.17) is 0 Å². The first-order valence-electron chi connectivity index (χ1n) is 7.59. The lowest BCUT2D eigenvalue weighted by Crippen LogP contribution is -2.24. The third kappa shape index (κ3) is 3.96. The normalized spacial score (nSPS) is 12.4. The maximum Gasteiger partial charge on any atom is 0.0581 e. The number of halogens is 1. The number of aryl methyl sites for hydroxylation is 3. The van der Waals surface area contributed by atoms with Gasteiger partial charge in [0.1, 0.15) is 0 Å². The average molecular weight is 346 g/mol. The van der Waals surface area contributed by atoms with Crippen molar-refractivity contribution in [2.45, 2.75) is 40.2 Å². The van der Waals surface area contributed by atoms with Gasteiger partial charge in [-0.15, -0.1) is 0 Å². The molecule has 0 aliphatic carbocycles. The second-order valence-electron chi connectivity index (χ2n) is 5.75. The molecule has 0 saturated carbocycles. The lowest BCUT2D eigenvalue weighted by molar-refractivity contribution is 0.593. The summed E-state index contributed by atoms with van der Waals surface area (Å²) in [6.07, 6.45) is 1.14. The third-order valence-electron chi connectivity index (χ3n) is 3.83. The van der Waals surface area contributed by atoms with Crippen molar-refractivity contribution in [3.8, 4) is 0 Å². The van der Waals surface area contributed by atoms with Gasteiger partial charge in [-0.1, -0.05) is 52.7 Å². The molecule has 1 atom stereocenters. The number of rotatable bonds is 5. The largest absolute Gasteiger partial charge is 0.306 e. The topological polar surface area (TPSA) is 12.0 Å². The van der Waals surface area contributed by atoms with Crippen LogP contribution in [-0.4, -0.2) is 6.54 Å². The summed E-state index contributed by atoms with van der Waals surface area (Å²) in [5, 5.41) is 3.71. The highest BCUT2D eigenvalue weighted by atomic mass is 79.9. The maximum atomic E-state index is 3.71. The Labute approximate surface area is 136 Å². The molecule has 0 radical (unpaired) electrons. The lowest BCUT2D eigenvalue weighted by Gasteiger charge is -2.24. The summed E-state index contributed by atoms with van der Waals surface area (Å²) in [6, 6.07) is 13.5. The van der Waals surface area contributed by atoms with Crippen LogP contribution in [0.3, 0.4) is 0 Å². The summed E-state index contributed by atoms with van der Waals surface area (Å²) in [7, 11) is 0. The van der Waals surface area contributed by atoms with Crippen molar-refractivity contribution in [2.75, 3.05) is 6.54 Å². The minimum atomic E-state index is 0.263. The average Bonchev–Trinajstić information content (AvgIpc) is 2.42. The predicted molar refractivity (Wildman–Crippen MR) is 94.9 cm³/mol. The molecule has 0 aromatic heterocycles. The lowest BCUT2D eigenvalue weighted by atomic mass is 9.90. The van der Waals surface area contributed by atoms with Gasteiger partial charge in [-0.25, -0.2) is 0 Å². The van der Waals surface area contributed by atoms with E-state index in [0.29, 0.717) is 0 Å². The van der Waals surface area contributed by atoms with Gasteiger partial charge in [-0.2, -0.15) is 0 Å². The van der Waals surface area contributed by atoms with E-state index in [1.165, 1.54) is 27.8 Å². The van der Waals surface area contributed by atoms with Crippen molar-refractivity contribution in [2.24, 2.45) is 0 Å². The zero-order chi connectivity index (χ0) is 15.4. The van der Waals surface area contributed by atoms with E-state index < -0.39 is 0 Å². The zero-order valence-corrected chi connectivity index (χ0v) is 14.9. The van der Waals surface area contributed by atoms with Gasteiger partial charge in [0.15, 0.2) is 0 Å². The molecule has 112 valence electrons. The Morgan fingerprint density at radius 3 is 2.10 bits per heavy atom. The molecule has 0 spiro atoms. The van der Waals surface area contributed by atoms with Gasteiger partial charge in [0, 0.05) is 4.47 Å². The van der Waals surface area contributed by atoms with Crippen molar-refractivity contribution in [3.63, 3.8) is 0 Å². The molecular formula is C19H24BrN. The van der Waals surface area contributed by atoms with Crippen LogP contribution in [0, 0.1) is 20.8 Å². The van der Waals surface area contributed by atoms with Gasteiger partial charge >= 0.3 is 0 Å².